The average molecular weight is 298 g/mol. The minimum atomic E-state index is -3.50. The molecule has 0 saturated heterocycles. The van der Waals surface area contributed by atoms with Gasteiger partial charge in [0.05, 0.1) is 4.90 Å². The highest BCUT2D eigenvalue weighted by Gasteiger charge is 2.21. The van der Waals surface area contributed by atoms with Crippen LogP contribution in [0.25, 0.3) is 0 Å². The van der Waals surface area contributed by atoms with Crippen molar-refractivity contribution in [2.75, 3.05) is 5.32 Å². The lowest BCUT2D eigenvalue weighted by Gasteiger charge is -2.17. The lowest BCUT2D eigenvalue weighted by atomic mass is 9.95. The lowest BCUT2D eigenvalue weighted by molar-refractivity contribution is -0.123. The van der Waals surface area contributed by atoms with Crippen molar-refractivity contribution in [2.45, 2.75) is 45.6 Å². The summed E-state index contributed by atoms with van der Waals surface area (Å²) in [7, 11) is -3.50. The first-order chi connectivity index (χ1) is 9.02. The standard InChI is InChI=1S/C14H22N2O3S/c1-10(2)16-20(18,19)12-8-6-11(7-9-12)15-13(17)14(3,4)5/h6-10,16H,1-5H3,(H,15,17). The molecule has 0 saturated carbocycles. The molecule has 1 amide bonds. The van der Waals surface area contributed by atoms with Gasteiger partial charge in [-0.1, -0.05) is 20.8 Å². The van der Waals surface area contributed by atoms with Crippen molar-refractivity contribution >= 4 is 21.6 Å². The first-order valence-corrected chi connectivity index (χ1v) is 7.94. The molecule has 112 valence electrons. The highest BCUT2D eigenvalue weighted by Crippen LogP contribution is 2.19. The number of hydrogen-bond donors (Lipinski definition) is 2. The molecule has 0 heterocycles. The van der Waals surface area contributed by atoms with E-state index in [9.17, 15) is 13.2 Å². The van der Waals surface area contributed by atoms with Gasteiger partial charge in [0.25, 0.3) is 0 Å². The molecule has 0 bridgehead atoms. The van der Waals surface area contributed by atoms with E-state index in [1.807, 2.05) is 20.8 Å². The average Bonchev–Trinajstić information content (AvgIpc) is 2.26. The number of anilines is 1. The van der Waals surface area contributed by atoms with Gasteiger partial charge in [-0.15, -0.1) is 0 Å². The van der Waals surface area contributed by atoms with Gasteiger partial charge in [-0.05, 0) is 38.1 Å². The molecule has 20 heavy (non-hydrogen) atoms. The molecule has 0 unspecified atom stereocenters. The van der Waals surface area contributed by atoms with Crippen molar-refractivity contribution in [1.29, 1.82) is 0 Å². The lowest BCUT2D eigenvalue weighted by Crippen LogP contribution is -2.30. The largest absolute Gasteiger partial charge is 0.326 e. The second kappa shape index (κ2) is 5.93. The van der Waals surface area contributed by atoms with Crippen LogP contribution in [0, 0.1) is 5.41 Å². The van der Waals surface area contributed by atoms with E-state index >= 15 is 0 Å². The maximum atomic E-state index is 11.9. The van der Waals surface area contributed by atoms with Gasteiger partial charge in [0.15, 0.2) is 0 Å². The van der Waals surface area contributed by atoms with Crippen molar-refractivity contribution in [3.05, 3.63) is 24.3 Å². The molecule has 0 aromatic heterocycles. The van der Waals surface area contributed by atoms with E-state index in [1.54, 1.807) is 26.0 Å². The topological polar surface area (TPSA) is 75.3 Å². The normalized spacial score (nSPS) is 12.5. The van der Waals surface area contributed by atoms with Crippen molar-refractivity contribution in [3.63, 3.8) is 0 Å². The third-order valence-corrected chi connectivity index (χ3v) is 4.17. The van der Waals surface area contributed by atoms with Crippen molar-refractivity contribution < 1.29 is 13.2 Å². The van der Waals surface area contributed by atoms with Crippen LogP contribution in [0.2, 0.25) is 0 Å². The van der Waals surface area contributed by atoms with Gasteiger partial charge in [0.2, 0.25) is 15.9 Å². The van der Waals surface area contributed by atoms with Gasteiger partial charge < -0.3 is 5.32 Å². The highest BCUT2D eigenvalue weighted by molar-refractivity contribution is 7.89. The first-order valence-electron chi connectivity index (χ1n) is 6.46. The Balaban J connectivity index is 2.87. The van der Waals surface area contributed by atoms with Crippen LogP contribution in [-0.2, 0) is 14.8 Å². The summed E-state index contributed by atoms with van der Waals surface area (Å²) < 4.78 is 26.4. The Hall–Kier alpha value is -1.40. The molecule has 0 fully saturated rings. The van der Waals surface area contributed by atoms with Gasteiger partial charge in [-0.2, -0.15) is 0 Å². The summed E-state index contributed by atoms with van der Waals surface area (Å²) in [5.74, 6) is -0.117. The predicted molar refractivity (Wildman–Crippen MR) is 80.0 cm³/mol. The molecule has 0 aliphatic rings. The van der Waals surface area contributed by atoms with Crippen molar-refractivity contribution in [3.8, 4) is 0 Å². The summed E-state index contributed by atoms with van der Waals surface area (Å²) in [6.07, 6.45) is 0. The van der Waals surface area contributed by atoms with Crippen molar-refractivity contribution in [2.24, 2.45) is 5.41 Å². The number of sulfonamides is 1. The maximum Gasteiger partial charge on any atom is 0.240 e. The molecule has 6 heteroatoms. The van der Waals surface area contributed by atoms with Gasteiger partial charge >= 0.3 is 0 Å². The van der Waals surface area contributed by atoms with E-state index in [0.29, 0.717) is 5.69 Å². The summed E-state index contributed by atoms with van der Waals surface area (Å²) in [6.45, 7) is 8.96. The Bertz CT molecular complexity index is 569. The Morgan fingerprint density at radius 1 is 1.10 bits per heavy atom. The Morgan fingerprint density at radius 2 is 1.60 bits per heavy atom. The predicted octanol–water partition coefficient (Wildman–Crippen LogP) is 2.36. The van der Waals surface area contributed by atoms with E-state index < -0.39 is 15.4 Å². The molecule has 0 aliphatic heterocycles. The summed E-state index contributed by atoms with van der Waals surface area (Å²) in [4.78, 5) is 12.0. The van der Waals surface area contributed by atoms with E-state index in [1.165, 1.54) is 12.1 Å². The smallest absolute Gasteiger partial charge is 0.240 e. The Morgan fingerprint density at radius 3 is 2.00 bits per heavy atom. The summed E-state index contributed by atoms with van der Waals surface area (Å²) >= 11 is 0. The number of hydrogen-bond acceptors (Lipinski definition) is 3. The Labute approximate surface area is 120 Å². The third-order valence-electron chi connectivity index (χ3n) is 2.49. The number of nitrogens with one attached hydrogen (secondary N) is 2. The SMILES string of the molecule is CC(C)NS(=O)(=O)c1ccc(NC(=O)C(C)(C)C)cc1. The zero-order valence-corrected chi connectivity index (χ0v) is 13.3. The molecule has 2 N–H and O–H groups in total. The summed E-state index contributed by atoms with van der Waals surface area (Å²) in [5, 5.41) is 2.75. The number of amides is 1. The molecule has 1 aromatic rings. The van der Waals surface area contributed by atoms with Crippen molar-refractivity contribution in [1.82, 2.24) is 4.72 Å². The second-order valence-electron chi connectivity index (χ2n) is 6.00. The molecular weight excluding hydrogens is 276 g/mol. The van der Waals surface area contributed by atoms with Gasteiger partial charge in [-0.25, -0.2) is 13.1 Å². The number of rotatable bonds is 4. The monoisotopic (exact) mass is 298 g/mol. The van der Waals surface area contributed by atoms with Crippen LogP contribution in [-0.4, -0.2) is 20.4 Å². The van der Waals surface area contributed by atoms with Gasteiger partial charge in [0, 0.05) is 17.1 Å². The van der Waals surface area contributed by atoms with E-state index in [0.717, 1.165) is 0 Å². The summed E-state index contributed by atoms with van der Waals surface area (Å²) in [6, 6.07) is 5.95. The molecule has 0 spiro atoms. The number of carbonyl (C=O) groups is 1. The first kappa shape index (κ1) is 16.7. The molecule has 5 nitrogen and oxygen atoms in total. The van der Waals surface area contributed by atoms with Gasteiger partial charge in [0.1, 0.15) is 0 Å². The van der Waals surface area contributed by atoms with Crippen LogP contribution >= 0.6 is 0 Å². The second-order valence-corrected chi connectivity index (χ2v) is 7.72. The van der Waals surface area contributed by atoms with Crippen LogP contribution in [0.1, 0.15) is 34.6 Å². The molecule has 0 radical (unpaired) electrons. The fraction of sp³-hybridized carbons (Fsp3) is 0.500. The van der Waals surface area contributed by atoms with Crippen LogP contribution < -0.4 is 10.0 Å². The zero-order chi connectivity index (χ0) is 15.6. The molecule has 1 rings (SSSR count). The quantitative estimate of drug-likeness (QED) is 0.896. The molecule has 0 atom stereocenters. The van der Waals surface area contributed by atoms with Gasteiger partial charge in [-0.3, -0.25) is 4.79 Å². The number of carbonyl (C=O) groups excluding carboxylic acids is 1. The molecule has 0 aliphatic carbocycles. The van der Waals surface area contributed by atoms with E-state index in [-0.39, 0.29) is 16.8 Å². The zero-order valence-electron chi connectivity index (χ0n) is 12.5. The van der Waals surface area contributed by atoms with E-state index in [2.05, 4.69) is 10.0 Å². The number of benzene rings is 1. The molecular formula is C14H22N2O3S. The Kier molecular flexibility index (Phi) is 4.94. The minimum absolute atomic E-state index is 0.117. The summed E-state index contributed by atoms with van der Waals surface area (Å²) in [5.41, 5.74) is 0.0812. The van der Waals surface area contributed by atoms with Crippen LogP contribution in [0.3, 0.4) is 0 Å². The maximum absolute atomic E-state index is 11.9. The van der Waals surface area contributed by atoms with Crippen LogP contribution in [0.15, 0.2) is 29.2 Å². The minimum Gasteiger partial charge on any atom is -0.326 e. The van der Waals surface area contributed by atoms with Crippen LogP contribution in [0.4, 0.5) is 5.69 Å². The third kappa shape index (κ3) is 4.61. The van der Waals surface area contributed by atoms with E-state index in [4.69, 9.17) is 0 Å². The highest BCUT2D eigenvalue weighted by atomic mass is 32.2. The fourth-order valence-electron chi connectivity index (χ4n) is 1.41. The fourth-order valence-corrected chi connectivity index (χ4v) is 2.67. The molecule has 1 aromatic carbocycles. The van der Waals surface area contributed by atoms with Crippen LogP contribution in [0.5, 0.6) is 0 Å².